The molecule has 142 valence electrons. The molecule has 0 unspecified atom stereocenters. The highest BCUT2D eigenvalue weighted by atomic mass is 19.1. The second kappa shape index (κ2) is 7.26. The van der Waals surface area contributed by atoms with Crippen LogP contribution in [-0.4, -0.2) is 31.4 Å². The van der Waals surface area contributed by atoms with Gasteiger partial charge in [0.15, 0.2) is 17.4 Å². The van der Waals surface area contributed by atoms with Gasteiger partial charge in [0.2, 0.25) is 0 Å². The molecule has 0 saturated carbocycles. The third-order valence-corrected chi connectivity index (χ3v) is 4.36. The molecule has 0 aliphatic heterocycles. The second-order valence-corrected chi connectivity index (χ2v) is 5.81. The topological polar surface area (TPSA) is 49.7 Å². The molecule has 0 aliphatic rings. The van der Waals surface area contributed by atoms with Gasteiger partial charge in [-0.25, -0.2) is 13.6 Å². The zero-order chi connectivity index (χ0) is 19.7. The van der Waals surface area contributed by atoms with E-state index >= 15 is 4.39 Å². The smallest absolute Gasteiger partial charge is 0.340 e. The van der Waals surface area contributed by atoms with E-state index < -0.39 is 23.4 Å². The Labute approximate surface area is 155 Å². The van der Waals surface area contributed by atoms with Crippen LogP contribution in [0.25, 0.3) is 16.6 Å². The molecule has 1 aromatic heterocycles. The zero-order valence-corrected chi connectivity index (χ0v) is 15.4. The van der Waals surface area contributed by atoms with E-state index in [9.17, 15) is 9.18 Å². The molecular formula is C20H19F2NO4. The highest BCUT2D eigenvalue weighted by Gasteiger charge is 2.28. The number of halogens is 2. The summed E-state index contributed by atoms with van der Waals surface area (Å²) in [6, 6.07) is 8.07. The number of methoxy groups -OCH3 is 2. The lowest BCUT2D eigenvalue weighted by molar-refractivity contribution is 0.0527. The summed E-state index contributed by atoms with van der Waals surface area (Å²) in [4.78, 5) is 12.5. The molecule has 0 amide bonds. The average molecular weight is 375 g/mol. The molecular weight excluding hydrogens is 356 g/mol. The molecule has 0 saturated heterocycles. The molecule has 1 heterocycles. The fourth-order valence-electron chi connectivity index (χ4n) is 3.18. The summed E-state index contributed by atoms with van der Waals surface area (Å²) >= 11 is 0. The molecule has 2 aromatic carbocycles. The maximum Gasteiger partial charge on any atom is 0.340 e. The van der Waals surface area contributed by atoms with Crippen molar-refractivity contribution >= 4 is 16.9 Å². The number of aromatic nitrogens is 1. The van der Waals surface area contributed by atoms with Gasteiger partial charge in [0.1, 0.15) is 5.75 Å². The van der Waals surface area contributed by atoms with Crippen molar-refractivity contribution in [3.63, 3.8) is 0 Å². The lowest BCUT2D eigenvalue weighted by Gasteiger charge is -2.10. The van der Waals surface area contributed by atoms with Crippen LogP contribution in [0.3, 0.4) is 0 Å². The van der Waals surface area contributed by atoms with Crippen LogP contribution in [0, 0.1) is 18.6 Å². The van der Waals surface area contributed by atoms with Gasteiger partial charge in [0.25, 0.3) is 0 Å². The highest BCUT2D eigenvalue weighted by molar-refractivity contribution is 6.07. The van der Waals surface area contributed by atoms with Gasteiger partial charge in [-0.15, -0.1) is 0 Å². The molecule has 0 bridgehead atoms. The van der Waals surface area contributed by atoms with Crippen LogP contribution in [0.4, 0.5) is 8.78 Å². The van der Waals surface area contributed by atoms with E-state index in [1.54, 1.807) is 49.8 Å². The Morgan fingerprint density at radius 1 is 1.11 bits per heavy atom. The maximum atomic E-state index is 15.0. The van der Waals surface area contributed by atoms with Crippen LogP contribution in [0.15, 0.2) is 30.3 Å². The fraction of sp³-hybridized carbons (Fsp3) is 0.250. The summed E-state index contributed by atoms with van der Waals surface area (Å²) in [5.74, 6) is -2.38. The third kappa shape index (κ3) is 2.99. The first-order valence-corrected chi connectivity index (χ1v) is 8.33. The summed E-state index contributed by atoms with van der Waals surface area (Å²) < 4.78 is 46.1. The minimum Gasteiger partial charge on any atom is -0.497 e. The quantitative estimate of drug-likeness (QED) is 0.620. The van der Waals surface area contributed by atoms with Crippen LogP contribution in [-0.2, 0) is 4.74 Å². The van der Waals surface area contributed by atoms with Crippen LogP contribution < -0.4 is 9.47 Å². The predicted molar refractivity (Wildman–Crippen MR) is 97.0 cm³/mol. The molecule has 0 atom stereocenters. The first-order valence-electron chi connectivity index (χ1n) is 8.33. The van der Waals surface area contributed by atoms with Crippen molar-refractivity contribution in [3.8, 4) is 17.2 Å². The number of carbonyl (C=O) groups excluding carboxylic acids is 1. The van der Waals surface area contributed by atoms with E-state index in [0.29, 0.717) is 17.1 Å². The third-order valence-electron chi connectivity index (χ3n) is 4.36. The normalized spacial score (nSPS) is 10.9. The SMILES string of the molecule is CCOC(=O)c1c(C)n(-c2ccc(OC)cc2)c2cc(F)c(OC)c(F)c12. The van der Waals surface area contributed by atoms with Gasteiger partial charge in [-0.1, -0.05) is 0 Å². The average Bonchev–Trinajstić information content (AvgIpc) is 2.94. The Balaban J connectivity index is 2.39. The predicted octanol–water partition coefficient (Wildman–Crippen LogP) is 4.41. The monoisotopic (exact) mass is 375 g/mol. The Morgan fingerprint density at radius 3 is 2.33 bits per heavy atom. The Hall–Kier alpha value is -3.09. The van der Waals surface area contributed by atoms with Crippen molar-refractivity contribution in [2.24, 2.45) is 0 Å². The van der Waals surface area contributed by atoms with Crippen LogP contribution in [0.1, 0.15) is 23.0 Å². The van der Waals surface area contributed by atoms with Crippen LogP contribution >= 0.6 is 0 Å². The van der Waals surface area contributed by atoms with Crippen LogP contribution in [0.2, 0.25) is 0 Å². The first kappa shape index (κ1) is 18.7. The summed E-state index contributed by atoms with van der Waals surface area (Å²) in [7, 11) is 2.71. The van der Waals surface area contributed by atoms with Crippen molar-refractivity contribution in [2.75, 3.05) is 20.8 Å². The molecule has 7 heteroatoms. The van der Waals surface area contributed by atoms with Crippen molar-refractivity contribution in [1.29, 1.82) is 0 Å². The number of nitrogens with zero attached hydrogens (tertiary/aromatic N) is 1. The Morgan fingerprint density at radius 2 is 1.78 bits per heavy atom. The molecule has 0 spiro atoms. The van der Waals surface area contributed by atoms with Crippen molar-refractivity contribution in [2.45, 2.75) is 13.8 Å². The van der Waals surface area contributed by atoms with Gasteiger partial charge in [-0.3, -0.25) is 0 Å². The van der Waals surface area contributed by atoms with E-state index in [-0.39, 0.29) is 23.1 Å². The number of esters is 1. The van der Waals surface area contributed by atoms with Gasteiger partial charge in [0.05, 0.1) is 37.3 Å². The molecule has 0 radical (unpaired) electrons. The van der Waals surface area contributed by atoms with Gasteiger partial charge in [-0.05, 0) is 38.1 Å². The molecule has 3 aromatic rings. The highest BCUT2D eigenvalue weighted by Crippen LogP contribution is 2.37. The van der Waals surface area contributed by atoms with Gasteiger partial charge >= 0.3 is 5.97 Å². The lowest BCUT2D eigenvalue weighted by Crippen LogP contribution is -2.07. The number of benzene rings is 2. The van der Waals surface area contributed by atoms with E-state index in [0.717, 1.165) is 6.07 Å². The second-order valence-electron chi connectivity index (χ2n) is 5.81. The van der Waals surface area contributed by atoms with Crippen molar-refractivity contribution < 1.29 is 27.8 Å². The van der Waals surface area contributed by atoms with Crippen LogP contribution in [0.5, 0.6) is 11.5 Å². The summed E-state index contributed by atoms with van der Waals surface area (Å²) in [5.41, 5.74) is 1.30. The largest absolute Gasteiger partial charge is 0.497 e. The number of ether oxygens (including phenoxy) is 3. The minimum absolute atomic E-state index is 0.0402. The molecule has 3 rings (SSSR count). The lowest BCUT2D eigenvalue weighted by atomic mass is 10.1. The van der Waals surface area contributed by atoms with Gasteiger partial charge < -0.3 is 18.8 Å². The van der Waals surface area contributed by atoms with E-state index in [1.807, 2.05) is 0 Å². The standard InChI is InChI=1S/C20H19F2NO4/c1-5-27-20(24)16-11(2)23(12-6-8-13(25-3)9-7-12)15-10-14(21)19(26-4)18(22)17(15)16/h6-10H,5H2,1-4H3. The number of hydrogen-bond acceptors (Lipinski definition) is 4. The van der Waals surface area contributed by atoms with Crippen molar-refractivity contribution in [1.82, 2.24) is 4.57 Å². The Kier molecular flexibility index (Phi) is 5.03. The molecule has 0 fully saturated rings. The zero-order valence-electron chi connectivity index (χ0n) is 15.4. The summed E-state index contributed by atoms with van der Waals surface area (Å²) in [6.07, 6.45) is 0. The number of hydrogen-bond donors (Lipinski definition) is 0. The van der Waals surface area contributed by atoms with Gasteiger partial charge in [-0.2, -0.15) is 0 Å². The summed E-state index contributed by atoms with van der Waals surface area (Å²) in [5, 5.41) is -0.0416. The maximum absolute atomic E-state index is 15.0. The fourth-order valence-corrected chi connectivity index (χ4v) is 3.18. The van der Waals surface area contributed by atoms with E-state index in [1.165, 1.54) is 7.11 Å². The molecule has 5 nitrogen and oxygen atoms in total. The Bertz CT molecular complexity index is 1010. The van der Waals surface area contributed by atoms with E-state index in [2.05, 4.69) is 0 Å². The minimum atomic E-state index is -0.939. The van der Waals surface area contributed by atoms with E-state index in [4.69, 9.17) is 14.2 Å². The first-order chi connectivity index (χ1) is 12.9. The number of rotatable bonds is 5. The molecule has 27 heavy (non-hydrogen) atoms. The number of fused-ring (bicyclic) bond motifs is 1. The molecule has 0 aliphatic carbocycles. The number of carbonyl (C=O) groups is 1. The molecule has 0 N–H and O–H groups in total. The van der Waals surface area contributed by atoms with Crippen molar-refractivity contribution in [3.05, 3.63) is 53.2 Å². The van der Waals surface area contributed by atoms with Gasteiger partial charge in [0, 0.05) is 17.4 Å². The summed E-state index contributed by atoms with van der Waals surface area (Å²) in [6.45, 7) is 3.44.